The molecule has 2 aromatic carbocycles. The number of aryl methyl sites for hydroxylation is 1. The van der Waals surface area contributed by atoms with Crippen molar-refractivity contribution in [3.05, 3.63) is 54.4 Å². The zero-order valence-corrected chi connectivity index (χ0v) is 12.8. The number of aromatic nitrogens is 1. The van der Waals surface area contributed by atoms with Crippen LogP contribution in [0.5, 0.6) is 23.0 Å². The van der Waals surface area contributed by atoms with E-state index >= 15 is 0 Å². The van der Waals surface area contributed by atoms with Crippen LogP contribution in [0.1, 0.15) is 5.56 Å². The van der Waals surface area contributed by atoms with Gasteiger partial charge in [-0.1, -0.05) is 17.7 Å². The first-order valence-electron chi connectivity index (χ1n) is 6.95. The van der Waals surface area contributed by atoms with Crippen molar-refractivity contribution in [2.24, 2.45) is 0 Å². The quantitative estimate of drug-likeness (QED) is 0.717. The minimum Gasteiger partial charge on any atom is -0.493 e. The lowest BCUT2D eigenvalue weighted by molar-refractivity contribution is 0.355. The summed E-state index contributed by atoms with van der Waals surface area (Å²) < 4.78 is 16.6. The molecule has 0 aliphatic carbocycles. The van der Waals surface area contributed by atoms with Gasteiger partial charge in [0.05, 0.1) is 20.4 Å². The molecule has 3 aromatic rings. The normalized spacial score (nSPS) is 10.5. The van der Waals surface area contributed by atoms with Gasteiger partial charge < -0.3 is 14.2 Å². The Balaban J connectivity index is 2.07. The van der Waals surface area contributed by atoms with Gasteiger partial charge in [0, 0.05) is 17.0 Å². The van der Waals surface area contributed by atoms with Crippen LogP contribution in [-0.4, -0.2) is 19.2 Å². The summed E-state index contributed by atoms with van der Waals surface area (Å²) in [6.45, 7) is 2.04. The topological polar surface area (TPSA) is 40.6 Å². The molecule has 0 atom stereocenters. The van der Waals surface area contributed by atoms with E-state index in [1.54, 1.807) is 26.6 Å². The van der Waals surface area contributed by atoms with E-state index in [2.05, 4.69) is 4.98 Å². The molecule has 0 saturated carbocycles. The summed E-state index contributed by atoms with van der Waals surface area (Å²) in [6.07, 6.45) is 3.48. The molecule has 0 spiro atoms. The first-order valence-corrected chi connectivity index (χ1v) is 6.95. The molecular weight excluding hydrogens is 278 g/mol. The molecule has 0 saturated heterocycles. The summed E-state index contributed by atoms with van der Waals surface area (Å²) in [5, 5.41) is 1.86. The van der Waals surface area contributed by atoms with E-state index in [1.165, 1.54) is 5.56 Å². The fourth-order valence-corrected chi connectivity index (χ4v) is 2.28. The third-order valence-electron chi connectivity index (χ3n) is 3.48. The molecule has 0 aliphatic heterocycles. The maximum absolute atomic E-state index is 5.96. The third kappa shape index (κ3) is 2.68. The number of hydrogen-bond acceptors (Lipinski definition) is 4. The third-order valence-corrected chi connectivity index (χ3v) is 3.48. The van der Waals surface area contributed by atoms with Gasteiger partial charge in [-0.2, -0.15) is 0 Å². The summed E-state index contributed by atoms with van der Waals surface area (Å²) in [5.41, 5.74) is 1.19. The van der Waals surface area contributed by atoms with Crippen molar-refractivity contribution in [1.82, 2.24) is 4.98 Å². The van der Waals surface area contributed by atoms with E-state index in [-0.39, 0.29) is 0 Å². The molecule has 4 nitrogen and oxygen atoms in total. The minimum absolute atomic E-state index is 0.662. The van der Waals surface area contributed by atoms with E-state index in [0.717, 1.165) is 16.5 Å². The fraction of sp³-hybridized carbons (Fsp3) is 0.167. The molecule has 0 radical (unpaired) electrons. The molecule has 1 aromatic heterocycles. The maximum atomic E-state index is 5.96. The Hall–Kier alpha value is -2.75. The predicted molar refractivity (Wildman–Crippen MR) is 86.1 cm³/mol. The van der Waals surface area contributed by atoms with E-state index in [4.69, 9.17) is 14.2 Å². The second-order valence-corrected chi connectivity index (χ2v) is 4.98. The summed E-state index contributed by atoms with van der Waals surface area (Å²) >= 11 is 0. The van der Waals surface area contributed by atoms with Crippen LogP contribution in [0.15, 0.2) is 48.8 Å². The van der Waals surface area contributed by atoms with Gasteiger partial charge >= 0.3 is 0 Å². The van der Waals surface area contributed by atoms with Crippen LogP contribution >= 0.6 is 0 Å². The number of hydrogen-bond donors (Lipinski definition) is 0. The highest BCUT2D eigenvalue weighted by atomic mass is 16.5. The molecule has 4 heteroatoms. The highest BCUT2D eigenvalue weighted by Crippen LogP contribution is 2.37. The lowest BCUT2D eigenvalue weighted by Crippen LogP contribution is -1.93. The Kier molecular flexibility index (Phi) is 3.83. The highest BCUT2D eigenvalue weighted by Gasteiger charge is 2.10. The highest BCUT2D eigenvalue weighted by molar-refractivity contribution is 5.90. The van der Waals surface area contributed by atoms with Crippen molar-refractivity contribution in [1.29, 1.82) is 0 Å². The first-order chi connectivity index (χ1) is 10.7. The van der Waals surface area contributed by atoms with E-state index in [0.29, 0.717) is 17.2 Å². The summed E-state index contributed by atoms with van der Waals surface area (Å²) in [7, 11) is 3.23. The lowest BCUT2D eigenvalue weighted by Gasteiger charge is -2.12. The van der Waals surface area contributed by atoms with E-state index < -0.39 is 0 Å². The molecule has 3 rings (SSSR count). The van der Waals surface area contributed by atoms with Crippen molar-refractivity contribution in [3.63, 3.8) is 0 Å². The first kappa shape index (κ1) is 14.2. The van der Waals surface area contributed by atoms with Gasteiger partial charge in [0.15, 0.2) is 17.2 Å². The number of rotatable bonds is 4. The summed E-state index contributed by atoms with van der Waals surface area (Å²) in [6, 6.07) is 11.7. The average Bonchev–Trinajstić information content (AvgIpc) is 2.56. The smallest absolute Gasteiger partial charge is 0.161 e. The molecule has 0 unspecified atom stereocenters. The molecule has 0 aliphatic rings. The predicted octanol–water partition coefficient (Wildman–Crippen LogP) is 4.35. The number of methoxy groups -OCH3 is 2. The molecule has 112 valence electrons. The maximum Gasteiger partial charge on any atom is 0.161 e. The van der Waals surface area contributed by atoms with Crippen LogP contribution in [0.3, 0.4) is 0 Å². The second kappa shape index (κ2) is 5.93. The standard InChI is InChI=1S/C18H17NO3/c1-12-4-6-14(7-5-12)22-18-11-19-10-13-8-16(20-2)17(21-3)9-15(13)18/h4-11H,1-3H3. The van der Waals surface area contributed by atoms with Crippen molar-refractivity contribution >= 4 is 10.8 Å². The molecule has 0 amide bonds. The summed E-state index contributed by atoms with van der Waals surface area (Å²) in [4.78, 5) is 4.24. The van der Waals surface area contributed by atoms with E-state index in [9.17, 15) is 0 Å². The average molecular weight is 295 g/mol. The second-order valence-electron chi connectivity index (χ2n) is 4.98. The zero-order chi connectivity index (χ0) is 15.5. The van der Waals surface area contributed by atoms with Crippen LogP contribution in [0, 0.1) is 6.92 Å². The number of benzene rings is 2. The van der Waals surface area contributed by atoms with Crippen LogP contribution in [0.4, 0.5) is 0 Å². The van der Waals surface area contributed by atoms with Gasteiger partial charge in [0.1, 0.15) is 5.75 Å². The number of pyridine rings is 1. The van der Waals surface area contributed by atoms with Gasteiger partial charge in [-0.3, -0.25) is 4.98 Å². The molecule has 22 heavy (non-hydrogen) atoms. The molecular formula is C18H17NO3. The van der Waals surface area contributed by atoms with Gasteiger partial charge in [-0.05, 0) is 31.2 Å². The lowest BCUT2D eigenvalue weighted by atomic mass is 10.1. The Morgan fingerprint density at radius 1 is 0.818 bits per heavy atom. The Bertz CT molecular complexity index is 797. The van der Waals surface area contributed by atoms with Crippen molar-refractivity contribution < 1.29 is 14.2 Å². The number of nitrogens with zero attached hydrogens (tertiary/aromatic N) is 1. The molecule has 0 N–H and O–H groups in total. The van der Waals surface area contributed by atoms with Crippen LogP contribution in [0.2, 0.25) is 0 Å². The van der Waals surface area contributed by atoms with Crippen molar-refractivity contribution in [2.75, 3.05) is 14.2 Å². The van der Waals surface area contributed by atoms with Crippen molar-refractivity contribution in [2.45, 2.75) is 6.92 Å². The van der Waals surface area contributed by atoms with Crippen molar-refractivity contribution in [3.8, 4) is 23.0 Å². The van der Waals surface area contributed by atoms with Gasteiger partial charge in [0.2, 0.25) is 0 Å². The van der Waals surface area contributed by atoms with Gasteiger partial charge in [0.25, 0.3) is 0 Å². The number of fused-ring (bicyclic) bond motifs is 1. The van der Waals surface area contributed by atoms with E-state index in [1.807, 2.05) is 43.3 Å². The molecule has 1 heterocycles. The summed E-state index contributed by atoms with van der Waals surface area (Å²) in [5.74, 6) is 2.79. The Morgan fingerprint density at radius 2 is 1.50 bits per heavy atom. The molecule has 0 bridgehead atoms. The molecule has 0 fully saturated rings. The SMILES string of the molecule is COc1cc2cncc(Oc3ccc(C)cc3)c2cc1OC. The fourth-order valence-electron chi connectivity index (χ4n) is 2.28. The van der Waals surface area contributed by atoms with Gasteiger partial charge in [-0.25, -0.2) is 0 Å². The van der Waals surface area contributed by atoms with Crippen LogP contribution < -0.4 is 14.2 Å². The van der Waals surface area contributed by atoms with Crippen LogP contribution in [0.25, 0.3) is 10.8 Å². The minimum atomic E-state index is 0.662. The number of ether oxygens (including phenoxy) is 3. The Labute approximate surface area is 129 Å². The van der Waals surface area contributed by atoms with Gasteiger partial charge in [-0.15, -0.1) is 0 Å². The zero-order valence-electron chi connectivity index (χ0n) is 12.8. The largest absolute Gasteiger partial charge is 0.493 e. The van der Waals surface area contributed by atoms with Crippen LogP contribution in [-0.2, 0) is 0 Å². The Morgan fingerprint density at radius 3 is 2.18 bits per heavy atom. The monoisotopic (exact) mass is 295 g/mol.